The fourth-order valence-corrected chi connectivity index (χ4v) is 4.12. The summed E-state index contributed by atoms with van der Waals surface area (Å²) in [6.45, 7) is 6.76. The van der Waals surface area contributed by atoms with Crippen LogP contribution in [0.2, 0.25) is 0 Å². The average Bonchev–Trinajstić information content (AvgIpc) is 3.55. The molecule has 2 fully saturated rings. The molecule has 3 aliphatic rings. The maximum Gasteiger partial charge on any atom is 0.230 e. The molecule has 0 unspecified atom stereocenters. The van der Waals surface area contributed by atoms with E-state index in [2.05, 4.69) is 70.2 Å². The van der Waals surface area contributed by atoms with Gasteiger partial charge in [-0.05, 0) is 63.2 Å². The van der Waals surface area contributed by atoms with Crippen LogP contribution < -0.4 is 4.90 Å². The smallest absolute Gasteiger partial charge is 0.230 e. The molecule has 1 aromatic rings. The maximum atomic E-state index is 13.4. The van der Waals surface area contributed by atoms with Crippen LogP contribution in [0.3, 0.4) is 0 Å². The first-order valence-electron chi connectivity index (χ1n) is 10.8. The Morgan fingerprint density at radius 2 is 1.76 bits per heavy atom. The molecular weight excluding hydrogens is 360 g/mol. The average molecular weight is 393 g/mol. The van der Waals surface area contributed by atoms with E-state index in [4.69, 9.17) is 0 Å². The number of carbonyl (C=O) groups excluding carboxylic acids is 1. The number of likely N-dealkylation sites (tertiary alicyclic amines) is 1. The van der Waals surface area contributed by atoms with Crippen LogP contribution in [0, 0.1) is 18.8 Å². The van der Waals surface area contributed by atoms with Crippen molar-refractivity contribution in [3.8, 4) is 0 Å². The number of nitrogens with zero attached hydrogens (tertiary/aromatic N) is 4. The predicted octanol–water partition coefficient (Wildman–Crippen LogP) is 4.17. The van der Waals surface area contributed by atoms with Crippen molar-refractivity contribution in [2.75, 3.05) is 31.6 Å². The minimum atomic E-state index is 0.0965. The first kappa shape index (κ1) is 19.7. The summed E-state index contributed by atoms with van der Waals surface area (Å²) in [7, 11) is 2.03. The highest BCUT2D eigenvalue weighted by molar-refractivity contribution is 5.95. The van der Waals surface area contributed by atoms with Crippen LogP contribution in [0.4, 0.5) is 5.69 Å². The number of allylic oxidation sites excluding steroid dienone is 1. The molecule has 0 bridgehead atoms. The Hall–Kier alpha value is -2.56. The van der Waals surface area contributed by atoms with Crippen molar-refractivity contribution in [3.63, 3.8) is 0 Å². The van der Waals surface area contributed by atoms with E-state index < -0.39 is 0 Å². The molecule has 29 heavy (non-hydrogen) atoms. The minimum Gasteiger partial charge on any atom is -0.355 e. The van der Waals surface area contributed by atoms with Crippen molar-refractivity contribution in [1.82, 2.24) is 9.80 Å². The molecule has 5 nitrogen and oxygen atoms in total. The standard InChI is InChI=1S/C24H32N4O/c1-18-4-8-22(9-5-18)28(16-20-6-7-20)24(29)21-10-12-27(13-11-21)23-17-26(3)15-19(2)14-25-23/h4-5,8-9,14-15,17,20-21H,6-7,10-13,16H2,1-3H3. The summed E-state index contributed by atoms with van der Waals surface area (Å²) in [4.78, 5) is 24.5. The number of carbonyl (C=O) groups is 1. The quantitative estimate of drug-likeness (QED) is 0.755. The summed E-state index contributed by atoms with van der Waals surface area (Å²) < 4.78 is 0. The van der Waals surface area contributed by atoms with Crippen LogP contribution in [0.25, 0.3) is 0 Å². The highest BCUT2D eigenvalue weighted by Crippen LogP contribution is 2.33. The van der Waals surface area contributed by atoms with Gasteiger partial charge >= 0.3 is 0 Å². The third kappa shape index (κ3) is 4.89. The SMILES string of the molecule is CC1=CN(C)C=C(N2CCC(C(=O)N(CC3CC3)c3ccc(C)cc3)CC2)N=C1. The first-order valence-corrected chi connectivity index (χ1v) is 10.8. The second-order valence-corrected chi connectivity index (χ2v) is 8.77. The fourth-order valence-electron chi connectivity index (χ4n) is 4.12. The number of aliphatic imine (C=N–C) groups is 1. The molecule has 4 rings (SSSR count). The molecule has 154 valence electrons. The van der Waals surface area contributed by atoms with Crippen LogP contribution >= 0.6 is 0 Å². The van der Waals surface area contributed by atoms with E-state index in [0.717, 1.165) is 49.6 Å². The number of aryl methyl sites for hydroxylation is 1. The lowest BCUT2D eigenvalue weighted by molar-refractivity contribution is -0.123. The van der Waals surface area contributed by atoms with Crippen molar-refractivity contribution in [2.45, 2.75) is 39.5 Å². The van der Waals surface area contributed by atoms with E-state index in [0.29, 0.717) is 11.8 Å². The molecule has 0 spiro atoms. The van der Waals surface area contributed by atoms with E-state index >= 15 is 0 Å². The van der Waals surface area contributed by atoms with Crippen LogP contribution in [0.1, 0.15) is 38.2 Å². The van der Waals surface area contributed by atoms with Crippen LogP contribution in [0.5, 0.6) is 0 Å². The highest BCUT2D eigenvalue weighted by Gasteiger charge is 2.33. The van der Waals surface area contributed by atoms with Crippen LogP contribution in [0.15, 0.2) is 53.1 Å². The molecule has 1 saturated carbocycles. The van der Waals surface area contributed by atoms with E-state index in [1.54, 1.807) is 0 Å². The number of amides is 1. The van der Waals surface area contributed by atoms with Gasteiger partial charge in [-0.1, -0.05) is 17.7 Å². The van der Waals surface area contributed by atoms with Crippen molar-refractivity contribution in [2.24, 2.45) is 16.8 Å². The van der Waals surface area contributed by atoms with Crippen molar-refractivity contribution < 1.29 is 4.79 Å². The molecule has 2 heterocycles. The molecular formula is C24H32N4O. The molecule has 0 atom stereocenters. The maximum absolute atomic E-state index is 13.4. The molecule has 1 aliphatic carbocycles. The largest absolute Gasteiger partial charge is 0.355 e. The van der Waals surface area contributed by atoms with Crippen molar-refractivity contribution >= 4 is 17.8 Å². The lowest BCUT2D eigenvalue weighted by Gasteiger charge is -2.35. The Kier molecular flexibility index (Phi) is 5.74. The van der Waals surface area contributed by atoms with E-state index in [1.165, 1.54) is 18.4 Å². The third-order valence-electron chi connectivity index (χ3n) is 6.04. The number of benzene rings is 1. The van der Waals surface area contributed by atoms with Gasteiger partial charge in [0.2, 0.25) is 5.91 Å². The van der Waals surface area contributed by atoms with Gasteiger partial charge in [0.15, 0.2) is 0 Å². The van der Waals surface area contributed by atoms with Gasteiger partial charge in [-0.2, -0.15) is 0 Å². The van der Waals surface area contributed by atoms with Gasteiger partial charge in [0.25, 0.3) is 0 Å². The molecule has 1 aromatic carbocycles. The van der Waals surface area contributed by atoms with Crippen LogP contribution in [-0.4, -0.2) is 48.6 Å². The number of piperidine rings is 1. The molecule has 5 heteroatoms. The van der Waals surface area contributed by atoms with Gasteiger partial charge in [0, 0.05) is 56.9 Å². The van der Waals surface area contributed by atoms with Gasteiger partial charge in [0.05, 0.1) is 0 Å². The Bertz CT molecular complexity index is 827. The van der Waals surface area contributed by atoms with Crippen LogP contribution in [-0.2, 0) is 4.79 Å². The summed E-state index contributed by atoms with van der Waals surface area (Å²) in [6, 6.07) is 8.41. The Morgan fingerprint density at radius 3 is 2.41 bits per heavy atom. The van der Waals surface area contributed by atoms with Gasteiger partial charge in [-0.3, -0.25) is 4.79 Å². The summed E-state index contributed by atoms with van der Waals surface area (Å²) in [5.41, 5.74) is 3.42. The Labute approximate surface area is 174 Å². The van der Waals surface area contributed by atoms with Gasteiger partial charge in [-0.25, -0.2) is 4.99 Å². The summed E-state index contributed by atoms with van der Waals surface area (Å²) in [5, 5.41) is 0. The zero-order valence-corrected chi connectivity index (χ0v) is 17.8. The molecule has 1 amide bonds. The zero-order chi connectivity index (χ0) is 20.4. The molecule has 1 saturated heterocycles. The zero-order valence-electron chi connectivity index (χ0n) is 17.8. The fraction of sp³-hybridized carbons (Fsp3) is 0.500. The topological polar surface area (TPSA) is 39.1 Å². The van der Waals surface area contributed by atoms with Gasteiger partial charge < -0.3 is 14.7 Å². The number of rotatable bonds is 5. The number of hydrogen-bond acceptors (Lipinski definition) is 4. The normalized spacial score (nSPS) is 20.2. The van der Waals surface area contributed by atoms with Crippen molar-refractivity contribution in [1.29, 1.82) is 0 Å². The lowest BCUT2D eigenvalue weighted by atomic mass is 9.94. The lowest BCUT2D eigenvalue weighted by Crippen LogP contribution is -2.43. The summed E-state index contributed by atoms with van der Waals surface area (Å²) in [6.07, 6.45) is 10.3. The Morgan fingerprint density at radius 1 is 1.07 bits per heavy atom. The Balaban J connectivity index is 1.42. The van der Waals surface area contributed by atoms with Crippen molar-refractivity contribution in [3.05, 3.63) is 53.6 Å². The minimum absolute atomic E-state index is 0.0965. The van der Waals surface area contributed by atoms with E-state index in [1.807, 2.05) is 13.3 Å². The number of hydrogen-bond donors (Lipinski definition) is 0. The van der Waals surface area contributed by atoms with Gasteiger partial charge in [-0.15, -0.1) is 0 Å². The highest BCUT2D eigenvalue weighted by atomic mass is 16.2. The first-order chi connectivity index (χ1) is 14.0. The predicted molar refractivity (Wildman–Crippen MR) is 119 cm³/mol. The molecule has 0 radical (unpaired) electrons. The van der Waals surface area contributed by atoms with Gasteiger partial charge in [0.1, 0.15) is 5.82 Å². The summed E-state index contributed by atoms with van der Waals surface area (Å²) >= 11 is 0. The monoisotopic (exact) mass is 392 g/mol. The van der Waals surface area contributed by atoms with E-state index in [-0.39, 0.29) is 5.92 Å². The third-order valence-corrected chi connectivity index (χ3v) is 6.04. The second-order valence-electron chi connectivity index (χ2n) is 8.77. The molecule has 0 aromatic heterocycles. The van der Waals surface area contributed by atoms with E-state index in [9.17, 15) is 4.79 Å². The molecule has 0 N–H and O–H groups in total. The molecule has 2 aliphatic heterocycles. The second kappa shape index (κ2) is 8.44. The number of anilines is 1. The summed E-state index contributed by atoms with van der Waals surface area (Å²) in [5.74, 6) is 2.06.